The number of fused-ring (bicyclic) bond motifs is 1. The number of hydrogen-bond donors (Lipinski definition) is 0. The average molecular weight is 429 g/mol. The van der Waals surface area contributed by atoms with E-state index in [1.165, 1.54) is 5.56 Å². The Morgan fingerprint density at radius 1 is 0.935 bits per heavy atom. The number of piperidine rings is 1. The van der Waals surface area contributed by atoms with Gasteiger partial charge in [-0.15, -0.1) is 0 Å². The molecule has 5 heteroatoms. The Morgan fingerprint density at radius 2 is 1.65 bits per heavy atom. The third kappa shape index (κ3) is 4.19. The van der Waals surface area contributed by atoms with Gasteiger partial charge in [0.1, 0.15) is 6.10 Å². The molecule has 1 aromatic heterocycles. The lowest BCUT2D eigenvalue weighted by Gasteiger charge is -2.31. The zero-order valence-corrected chi connectivity index (χ0v) is 18.3. The monoisotopic (exact) mass is 428 g/mol. The van der Waals surface area contributed by atoms with E-state index in [1.807, 2.05) is 47.4 Å². The fourth-order valence-corrected chi connectivity index (χ4v) is 5.01. The van der Waals surface area contributed by atoms with E-state index in [2.05, 4.69) is 42.2 Å². The lowest BCUT2D eigenvalue weighted by atomic mass is 10.0. The number of rotatable bonds is 4. The first-order chi connectivity index (χ1) is 15.2. The predicted molar refractivity (Wildman–Crippen MR) is 126 cm³/mol. The van der Waals surface area contributed by atoms with Crippen LogP contribution in [0.4, 0.5) is 0 Å². The number of thiazole rings is 1. The van der Waals surface area contributed by atoms with Gasteiger partial charge in [0.2, 0.25) is 0 Å². The Balaban J connectivity index is 1.20. The van der Waals surface area contributed by atoms with Crippen LogP contribution in [0.15, 0.2) is 72.8 Å². The molecule has 0 radical (unpaired) electrons. The minimum Gasteiger partial charge on any atom is -0.467 e. The molecule has 1 aliphatic rings. The highest BCUT2D eigenvalue weighted by atomic mass is 32.1. The van der Waals surface area contributed by atoms with Crippen molar-refractivity contribution in [3.05, 3.63) is 83.9 Å². The van der Waals surface area contributed by atoms with Crippen LogP contribution in [0.2, 0.25) is 0 Å². The highest BCUT2D eigenvalue weighted by molar-refractivity contribution is 7.20. The number of amides is 1. The molecule has 1 aliphatic heterocycles. The van der Waals surface area contributed by atoms with E-state index in [0.717, 1.165) is 44.9 Å². The molecule has 0 aliphatic carbocycles. The van der Waals surface area contributed by atoms with Gasteiger partial charge in [0.25, 0.3) is 11.1 Å². The van der Waals surface area contributed by atoms with Gasteiger partial charge in [0.15, 0.2) is 0 Å². The SMILES string of the molecule is Cc1cccc2sc(OC3CCN(C(=O)c4ccc(-c5ccccc5)cc4)CC3)nc12. The van der Waals surface area contributed by atoms with Gasteiger partial charge >= 0.3 is 0 Å². The lowest BCUT2D eigenvalue weighted by Crippen LogP contribution is -2.41. The van der Waals surface area contributed by atoms with Gasteiger partial charge in [-0.2, -0.15) is 0 Å². The van der Waals surface area contributed by atoms with Gasteiger partial charge in [-0.05, 0) is 41.8 Å². The number of hydrogen-bond acceptors (Lipinski definition) is 4. The number of benzene rings is 3. The molecule has 1 saturated heterocycles. The van der Waals surface area contributed by atoms with Crippen LogP contribution in [0.25, 0.3) is 21.3 Å². The van der Waals surface area contributed by atoms with Gasteiger partial charge in [-0.25, -0.2) is 4.98 Å². The molecule has 0 spiro atoms. The Hall–Kier alpha value is -3.18. The van der Waals surface area contributed by atoms with Crippen LogP contribution in [0.3, 0.4) is 0 Å². The van der Waals surface area contributed by atoms with Crippen molar-refractivity contribution >= 4 is 27.5 Å². The molecule has 0 unspecified atom stereocenters. The summed E-state index contributed by atoms with van der Waals surface area (Å²) in [5.41, 5.74) is 5.21. The van der Waals surface area contributed by atoms with E-state index in [0.29, 0.717) is 13.1 Å². The van der Waals surface area contributed by atoms with E-state index in [9.17, 15) is 4.79 Å². The molecule has 1 fully saturated rings. The highest BCUT2D eigenvalue weighted by Gasteiger charge is 2.25. The van der Waals surface area contributed by atoms with E-state index in [4.69, 9.17) is 4.74 Å². The van der Waals surface area contributed by atoms with Crippen LogP contribution >= 0.6 is 11.3 Å². The molecular formula is C26H24N2O2S. The van der Waals surface area contributed by atoms with Gasteiger partial charge in [-0.3, -0.25) is 4.79 Å². The largest absolute Gasteiger partial charge is 0.467 e. The van der Waals surface area contributed by atoms with Crippen LogP contribution in [0, 0.1) is 6.92 Å². The summed E-state index contributed by atoms with van der Waals surface area (Å²) >= 11 is 1.59. The molecule has 156 valence electrons. The zero-order valence-electron chi connectivity index (χ0n) is 17.5. The summed E-state index contributed by atoms with van der Waals surface area (Å²) in [5.74, 6) is 0.0914. The second-order valence-corrected chi connectivity index (χ2v) is 8.95. The minimum atomic E-state index is 0.0914. The molecule has 1 amide bonds. The van der Waals surface area contributed by atoms with Crippen LogP contribution in [0.1, 0.15) is 28.8 Å². The van der Waals surface area contributed by atoms with Gasteiger partial charge in [-0.1, -0.05) is 65.9 Å². The minimum absolute atomic E-state index is 0.0914. The maximum Gasteiger partial charge on any atom is 0.274 e. The maximum absolute atomic E-state index is 12.9. The van der Waals surface area contributed by atoms with Gasteiger partial charge in [0.05, 0.1) is 10.2 Å². The van der Waals surface area contributed by atoms with E-state index < -0.39 is 0 Å². The third-order valence-corrected chi connectivity index (χ3v) is 6.75. The quantitative estimate of drug-likeness (QED) is 0.403. The summed E-state index contributed by atoms with van der Waals surface area (Å²) in [6.45, 7) is 3.48. The number of para-hydroxylation sites is 1. The van der Waals surface area contributed by atoms with Crippen molar-refractivity contribution in [2.24, 2.45) is 0 Å². The number of aromatic nitrogens is 1. The van der Waals surface area contributed by atoms with Gasteiger partial charge < -0.3 is 9.64 Å². The smallest absolute Gasteiger partial charge is 0.274 e. The summed E-state index contributed by atoms with van der Waals surface area (Å²) < 4.78 is 7.32. The van der Waals surface area contributed by atoms with Crippen molar-refractivity contribution in [2.45, 2.75) is 25.9 Å². The Kier molecular flexibility index (Phi) is 5.43. The van der Waals surface area contributed by atoms with E-state index in [1.54, 1.807) is 11.3 Å². The maximum atomic E-state index is 12.9. The highest BCUT2D eigenvalue weighted by Crippen LogP contribution is 2.31. The first-order valence-corrected chi connectivity index (χ1v) is 11.5. The molecule has 0 bridgehead atoms. The first-order valence-electron chi connectivity index (χ1n) is 10.6. The summed E-state index contributed by atoms with van der Waals surface area (Å²) in [6.07, 6.45) is 1.75. The van der Waals surface area contributed by atoms with Crippen molar-refractivity contribution in [3.8, 4) is 16.3 Å². The van der Waals surface area contributed by atoms with Crippen LogP contribution in [-0.2, 0) is 0 Å². The molecule has 0 saturated carbocycles. The number of nitrogens with zero attached hydrogens (tertiary/aromatic N) is 2. The molecule has 4 nitrogen and oxygen atoms in total. The Bertz CT molecular complexity index is 1190. The molecule has 31 heavy (non-hydrogen) atoms. The van der Waals surface area contributed by atoms with Crippen molar-refractivity contribution in [2.75, 3.05) is 13.1 Å². The number of carbonyl (C=O) groups excluding carboxylic acids is 1. The molecule has 5 rings (SSSR count). The molecule has 0 atom stereocenters. The topological polar surface area (TPSA) is 42.4 Å². The van der Waals surface area contributed by atoms with Crippen molar-refractivity contribution in [3.63, 3.8) is 0 Å². The fraction of sp³-hybridized carbons (Fsp3) is 0.231. The molecule has 0 N–H and O–H groups in total. The number of ether oxygens (including phenoxy) is 1. The average Bonchev–Trinajstić information content (AvgIpc) is 3.24. The zero-order chi connectivity index (χ0) is 21.2. The Morgan fingerprint density at radius 3 is 2.35 bits per heavy atom. The molecule has 3 aromatic carbocycles. The predicted octanol–water partition coefficient (Wildman–Crippen LogP) is 5.96. The van der Waals surface area contributed by atoms with Crippen LogP contribution in [-0.4, -0.2) is 35.0 Å². The normalized spacial score (nSPS) is 14.7. The van der Waals surface area contributed by atoms with Crippen LogP contribution < -0.4 is 4.74 Å². The molecule has 2 heterocycles. The van der Waals surface area contributed by atoms with Gasteiger partial charge in [0, 0.05) is 31.5 Å². The standard InChI is InChI=1S/C26H24N2O2S/c1-18-6-5-9-23-24(18)27-26(31-23)30-22-14-16-28(17-15-22)25(29)21-12-10-20(11-13-21)19-7-3-2-4-8-19/h2-13,22H,14-17H2,1H3. The third-order valence-electron chi connectivity index (χ3n) is 5.84. The summed E-state index contributed by atoms with van der Waals surface area (Å²) in [4.78, 5) is 19.5. The first kappa shape index (κ1) is 19.8. The molecular weight excluding hydrogens is 404 g/mol. The van der Waals surface area contributed by atoms with Crippen LogP contribution in [0.5, 0.6) is 5.19 Å². The summed E-state index contributed by atoms with van der Waals surface area (Å²) in [7, 11) is 0. The van der Waals surface area contributed by atoms with E-state index >= 15 is 0 Å². The summed E-state index contributed by atoms with van der Waals surface area (Å²) in [5, 5.41) is 0.727. The summed E-state index contributed by atoms with van der Waals surface area (Å²) in [6, 6.07) is 24.3. The lowest BCUT2D eigenvalue weighted by molar-refractivity contribution is 0.0595. The van der Waals surface area contributed by atoms with Crippen molar-refractivity contribution in [1.29, 1.82) is 0 Å². The number of likely N-dealkylation sites (tertiary alicyclic amines) is 1. The van der Waals surface area contributed by atoms with Crippen molar-refractivity contribution < 1.29 is 9.53 Å². The fourth-order valence-electron chi connectivity index (χ4n) is 4.05. The second-order valence-electron chi connectivity index (χ2n) is 7.95. The Labute approximate surface area is 186 Å². The van der Waals surface area contributed by atoms with Crippen molar-refractivity contribution in [1.82, 2.24) is 9.88 Å². The molecule has 4 aromatic rings. The van der Waals surface area contributed by atoms with E-state index in [-0.39, 0.29) is 12.0 Å². The second kappa shape index (κ2) is 8.52. The number of aryl methyl sites for hydroxylation is 1. The number of carbonyl (C=O) groups is 1.